The molecule has 152 valence electrons. The molecule has 0 bridgehead atoms. The molecular weight excluding hydrogens is 338 g/mol. The second-order valence-electron chi connectivity index (χ2n) is 7.79. The summed E-state index contributed by atoms with van der Waals surface area (Å²) in [6.45, 7) is 13.9. The minimum absolute atomic E-state index is 0.0631. The van der Waals surface area contributed by atoms with Gasteiger partial charge >= 0.3 is 0 Å². The third kappa shape index (κ3) is 8.18. The van der Waals surface area contributed by atoms with Crippen molar-refractivity contribution in [2.45, 2.75) is 26.9 Å². The molecule has 0 saturated carbocycles. The number of hydrogen-bond acceptors (Lipinski definition) is 4. The van der Waals surface area contributed by atoms with E-state index in [1.54, 1.807) is 0 Å². The van der Waals surface area contributed by atoms with Crippen LogP contribution in [0.1, 0.15) is 19.4 Å². The maximum atomic E-state index is 5.97. The number of nitrogens with one attached hydrogen (secondary N) is 2. The lowest BCUT2D eigenvalue weighted by molar-refractivity contribution is 0.139. The third-order valence-corrected chi connectivity index (χ3v) is 4.89. The Hall–Kier alpha value is -1.79. The molecule has 2 atom stereocenters. The van der Waals surface area contributed by atoms with Crippen LogP contribution in [0.2, 0.25) is 0 Å². The van der Waals surface area contributed by atoms with Gasteiger partial charge in [-0.2, -0.15) is 0 Å². The Kier molecular flexibility index (Phi) is 8.88. The van der Waals surface area contributed by atoms with E-state index in [0.29, 0.717) is 12.5 Å². The maximum absolute atomic E-state index is 5.97. The molecule has 6 nitrogen and oxygen atoms in total. The Morgan fingerprint density at radius 3 is 2.52 bits per heavy atom. The fourth-order valence-electron chi connectivity index (χ4n) is 3.23. The van der Waals surface area contributed by atoms with Gasteiger partial charge in [0.25, 0.3) is 0 Å². The Balaban J connectivity index is 1.66. The molecule has 6 heteroatoms. The summed E-state index contributed by atoms with van der Waals surface area (Å²) in [5, 5.41) is 6.80. The van der Waals surface area contributed by atoms with Gasteiger partial charge in [-0.05, 0) is 44.5 Å². The van der Waals surface area contributed by atoms with Gasteiger partial charge in [-0.15, -0.1) is 0 Å². The van der Waals surface area contributed by atoms with Gasteiger partial charge in [-0.3, -0.25) is 4.99 Å². The van der Waals surface area contributed by atoms with Crippen molar-refractivity contribution in [1.29, 1.82) is 0 Å². The van der Waals surface area contributed by atoms with Crippen molar-refractivity contribution in [1.82, 2.24) is 20.4 Å². The van der Waals surface area contributed by atoms with E-state index in [9.17, 15) is 0 Å². The minimum atomic E-state index is 0.0631. The standard InChI is InChI=1S/C21H37N5O/c1-17-7-6-8-20(13-17)27-19(3)15-24-21(22-4)23-14-18(2)16-26-11-9-25(5)10-12-26/h6-8,13,18-19H,9-12,14-16H2,1-5H3,(H2,22,23,24). The number of hydrogen-bond donors (Lipinski definition) is 2. The van der Waals surface area contributed by atoms with Gasteiger partial charge in [0.05, 0.1) is 6.54 Å². The highest BCUT2D eigenvalue weighted by atomic mass is 16.5. The Morgan fingerprint density at radius 2 is 1.85 bits per heavy atom. The summed E-state index contributed by atoms with van der Waals surface area (Å²) in [5.74, 6) is 2.32. The van der Waals surface area contributed by atoms with Gasteiger partial charge in [-0.25, -0.2) is 0 Å². The topological polar surface area (TPSA) is 52.1 Å². The first-order valence-electron chi connectivity index (χ1n) is 10.0. The summed E-state index contributed by atoms with van der Waals surface area (Å²) in [4.78, 5) is 9.28. The summed E-state index contributed by atoms with van der Waals surface area (Å²) < 4.78 is 5.97. The number of ether oxygens (including phenoxy) is 1. The average Bonchev–Trinajstić information content (AvgIpc) is 2.64. The van der Waals surface area contributed by atoms with E-state index < -0.39 is 0 Å². The number of nitrogens with zero attached hydrogens (tertiary/aromatic N) is 3. The van der Waals surface area contributed by atoms with E-state index in [-0.39, 0.29) is 6.10 Å². The monoisotopic (exact) mass is 375 g/mol. The lowest BCUT2D eigenvalue weighted by Gasteiger charge is -2.34. The molecule has 2 rings (SSSR count). The zero-order valence-corrected chi connectivity index (χ0v) is 17.7. The van der Waals surface area contributed by atoms with Crippen LogP contribution in [-0.4, -0.2) is 81.8 Å². The molecule has 1 aromatic rings. The molecule has 0 spiro atoms. The van der Waals surface area contributed by atoms with Crippen LogP contribution in [0.15, 0.2) is 29.3 Å². The minimum Gasteiger partial charge on any atom is -0.489 e. The van der Waals surface area contributed by atoms with E-state index >= 15 is 0 Å². The fraction of sp³-hybridized carbons (Fsp3) is 0.667. The van der Waals surface area contributed by atoms with Gasteiger partial charge in [0.15, 0.2) is 5.96 Å². The average molecular weight is 376 g/mol. The molecule has 2 unspecified atom stereocenters. The van der Waals surface area contributed by atoms with Crippen molar-refractivity contribution in [3.05, 3.63) is 29.8 Å². The first-order chi connectivity index (χ1) is 13.0. The Labute approximate surface area is 165 Å². The van der Waals surface area contributed by atoms with E-state index in [1.165, 1.54) is 31.7 Å². The number of likely N-dealkylation sites (N-methyl/N-ethyl adjacent to an activating group) is 1. The molecule has 1 aromatic carbocycles. The molecular formula is C21H37N5O. The predicted molar refractivity (Wildman–Crippen MR) is 114 cm³/mol. The Bertz CT molecular complexity index is 584. The number of benzene rings is 1. The summed E-state index contributed by atoms with van der Waals surface area (Å²) in [6, 6.07) is 8.15. The second kappa shape index (κ2) is 11.1. The van der Waals surface area contributed by atoms with Gasteiger partial charge in [0, 0.05) is 46.3 Å². The zero-order chi connectivity index (χ0) is 19.6. The number of rotatable bonds is 8. The van der Waals surface area contributed by atoms with E-state index in [4.69, 9.17) is 4.74 Å². The zero-order valence-electron chi connectivity index (χ0n) is 17.7. The van der Waals surface area contributed by atoms with Gasteiger partial charge in [-0.1, -0.05) is 19.1 Å². The number of aliphatic imine (C=N–C) groups is 1. The molecule has 27 heavy (non-hydrogen) atoms. The number of guanidine groups is 1. The van der Waals surface area contributed by atoms with Crippen molar-refractivity contribution >= 4 is 5.96 Å². The van der Waals surface area contributed by atoms with Crippen LogP contribution < -0.4 is 15.4 Å². The van der Waals surface area contributed by atoms with E-state index in [1.807, 2.05) is 19.2 Å². The largest absolute Gasteiger partial charge is 0.489 e. The lowest BCUT2D eigenvalue weighted by atomic mass is 10.1. The lowest BCUT2D eigenvalue weighted by Crippen LogP contribution is -2.48. The van der Waals surface area contributed by atoms with Crippen molar-refractivity contribution in [3.63, 3.8) is 0 Å². The van der Waals surface area contributed by atoms with Crippen molar-refractivity contribution in [3.8, 4) is 5.75 Å². The first kappa shape index (κ1) is 21.5. The molecule has 1 heterocycles. The van der Waals surface area contributed by atoms with Crippen molar-refractivity contribution in [2.24, 2.45) is 10.9 Å². The van der Waals surface area contributed by atoms with Crippen LogP contribution in [0.5, 0.6) is 5.75 Å². The molecule has 1 fully saturated rings. The highest BCUT2D eigenvalue weighted by Crippen LogP contribution is 2.13. The molecule has 0 amide bonds. The molecule has 0 aliphatic carbocycles. The molecule has 0 radical (unpaired) electrons. The highest BCUT2D eigenvalue weighted by Gasteiger charge is 2.16. The summed E-state index contributed by atoms with van der Waals surface area (Å²) in [7, 11) is 4.01. The predicted octanol–water partition coefficient (Wildman–Crippen LogP) is 1.81. The van der Waals surface area contributed by atoms with Crippen LogP contribution in [-0.2, 0) is 0 Å². The van der Waals surface area contributed by atoms with Crippen molar-refractivity contribution in [2.75, 3.05) is 59.9 Å². The number of aryl methyl sites for hydroxylation is 1. The summed E-state index contributed by atoms with van der Waals surface area (Å²) in [6.07, 6.45) is 0.0631. The molecule has 2 N–H and O–H groups in total. The SMILES string of the molecule is CN=C(NCC(C)CN1CCN(C)CC1)NCC(C)Oc1cccc(C)c1. The first-order valence-corrected chi connectivity index (χ1v) is 10.0. The van der Waals surface area contributed by atoms with Crippen LogP contribution in [0.4, 0.5) is 0 Å². The van der Waals surface area contributed by atoms with Gasteiger partial charge in [0.1, 0.15) is 11.9 Å². The molecule has 1 saturated heterocycles. The maximum Gasteiger partial charge on any atom is 0.191 e. The van der Waals surface area contributed by atoms with E-state index in [0.717, 1.165) is 24.8 Å². The second-order valence-corrected chi connectivity index (χ2v) is 7.79. The molecule has 1 aliphatic rings. The molecule has 1 aliphatic heterocycles. The quantitative estimate of drug-likeness (QED) is 0.536. The third-order valence-electron chi connectivity index (χ3n) is 4.89. The van der Waals surface area contributed by atoms with Crippen LogP contribution in [0, 0.1) is 12.8 Å². The number of piperazine rings is 1. The smallest absolute Gasteiger partial charge is 0.191 e. The normalized spacial score (nSPS) is 18.8. The van der Waals surface area contributed by atoms with Gasteiger partial charge < -0.3 is 25.2 Å². The van der Waals surface area contributed by atoms with Crippen LogP contribution >= 0.6 is 0 Å². The van der Waals surface area contributed by atoms with Gasteiger partial charge in [0.2, 0.25) is 0 Å². The fourth-order valence-corrected chi connectivity index (χ4v) is 3.23. The highest BCUT2D eigenvalue weighted by molar-refractivity contribution is 5.79. The summed E-state index contributed by atoms with van der Waals surface area (Å²) in [5.41, 5.74) is 1.21. The van der Waals surface area contributed by atoms with Crippen LogP contribution in [0.3, 0.4) is 0 Å². The Morgan fingerprint density at radius 1 is 1.15 bits per heavy atom. The van der Waals surface area contributed by atoms with Crippen LogP contribution in [0.25, 0.3) is 0 Å². The van der Waals surface area contributed by atoms with E-state index in [2.05, 4.69) is 65.4 Å². The summed E-state index contributed by atoms with van der Waals surface area (Å²) >= 11 is 0. The molecule has 0 aromatic heterocycles. The van der Waals surface area contributed by atoms with Crippen molar-refractivity contribution < 1.29 is 4.74 Å².